The van der Waals surface area contributed by atoms with E-state index in [1.807, 2.05) is 13.0 Å². The van der Waals surface area contributed by atoms with Crippen LogP contribution < -0.4 is 15.5 Å². The molecule has 3 saturated heterocycles. The summed E-state index contributed by atoms with van der Waals surface area (Å²) < 4.78 is 5.53. The van der Waals surface area contributed by atoms with Gasteiger partial charge in [0.1, 0.15) is 5.82 Å². The minimum absolute atomic E-state index is 0.321. The summed E-state index contributed by atoms with van der Waals surface area (Å²) >= 11 is 0. The van der Waals surface area contributed by atoms with Crippen LogP contribution in [0.2, 0.25) is 0 Å². The van der Waals surface area contributed by atoms with Gasteiger partial charge in [0.25, 0.3) is 0 Å². The lowest BCUT2D eigenvalue weighted by molar-refractivity contribution is 0.122. The van der Waals surface area contributed by atoms with Crippen molar-refractivity contribution >= 4 is 34.2 Å². The normalized spacial score (nSPS) is 24.1. The van der Waals surface area contributed by atoms with E-state index in [9.17, 15) is 0 Å². The number of morpholine rings is 1. The van der Waals surface area contributed by atoms with Gasteiger partial charge in [-0.2, -0.15) is 15.3 Å². The molecule has 2 bridgehead atoms. The zero-order valence-corrected chi connectivity index (χ0v) is 20.7. The van der Waals surface area contributed by atoms with Crippen LogP contribution in [0.5, 0.6) is 0 Å². The smallest absolute Gasteiger partial charge is 0.225 e. The van der Waals surface area contributed by atoms with Crippen LogP contribution in [0.15, 0.2) is 24.3 Å². The lowest BCUT2D eigenvalue weighted by Crippen LogP contribution is -2.47. The van der Waals surface area contributed by atoms with Crippen LogP contribution in [0.1, 0.15) is 37.8 Å². The van der Waals surface area contributed by atoms with E-state index in [4.69, 9.17) is 20.0 Å². The summed E-state index contributed by atoms with van der Waals surface area (Å²) in [5.74, 6) is 2.13. The summed E-state index contributed by atoms with van der Waals surface area (Å²) in [4.78, 5) is 14.8. The third kappa shape index (κ3) is 4.68. The second-order valence-corrected chi connectivity index (χ2v) is 10.1. The summed E-state index contributed by atoms with van der Waals surface area (Å²) in [6, 6.07) is 12.1. The third-order valence-electron chi connectivity index (χ3n) is 7.71. The number of benzene rings is 1. The highest BCUT2D eigenvalue weighted by Gasteiger charge is 2.40. The first-order chi connectivity index (χ1) is 17.7. The van der Waals surface area contributed by atoms with Crippen LogP contribution in [0, 0.1) is 18.3 Å². The Morgan fingerprint density at radius 3 is 2.67 bits per heavy atom. The predicted octanol–water partition coefficient (Wildman–Crippen LogP) is 3.56. The monoisotopic (exact) mass is 487 g/mol. The fourth-order valence-corrected chi connectivity index (χ4v) is 6.02. The van der Waals surface area contributed by atoms with Crippen molar-refractivity contribution in [3.63, 3.8) is 0 Å². The van der Waals surface area contributed by atoms with E-state index in [1.54, 1.807) is 0 Å². The Morgan fingerprint density at radius 2 is 1.94 bits per heavy atom. The van der Waals surface area contributed by atoms with Crippen molar-refractivity contribution in [3.8, 4) is 6.07 Å². The molecule has 5 heterocycles. The lowest BCUT2D eigenvalue weighted by Gasteiger charge is -2.38. The zero-order valence-electron chi connectivity index (χ0n) is 20.7. The van der Waals surface area contributed by atoms with Crippen molar-refractivity contribution in [2.24, 2.45) is 0 Å². The predicted molar refractivity (Wildman–Crippen MR) is 140 cm³/mol. The number of H-pyrrole nitrogens is 1. The first-order valence-electron chi connectivity index (χ1n) is 13.0. The number of hydrogen-bond acceptors (Lipinski definition) is 9. The molecule has 3 aromatic rings. The van der Waals surface area contributed by atoms with Gasteiger partial charge in [0, 0.05) is 67.0 Å². The van der Waals surface area contributed by atoms with Crippen LogP contribution >= 0.6 is 0 Å². The molecule has 0 saturated carbocycles. The van der Waals surface area contributed by atoms with Crippen molar-refractivity contribution in [1.82, 2.24) is 25.1 Å². The van der Waals surface area contributed by atoms with Gasteiger partial charge in [-0.1, -0.05) is 0 Å². The summed E-state index contributed by atoms with van der Waals surface area (Å²) in [5.41, 5.74) is 3.05. The maximum atomic E-state index is 9.03. The molecule has 1 aromatic carbocycles. The van der Waals surface area contributed by atoms with Gasteiger partial charge in [-0.3, -0.25) is 10.00 Å². The Hall–Kier alpha value is -3.42. The number of nitrogens with one attached hydrogen (secondary N) is 3. The highest BCUT2D eigenvalue weighted by molar-refractivity contribution is 5.93. The van der Waals surface area contributed by atoms with Crippen molar-refractivity contribution < 1.29 is 4.74 Å². The number of piperidine rings is 1. The van der Waals surface area contributed by atoms with Crippen LogP contribution in [-0.2, 0) is 4.74 Å². The SMILES string of the molecule is Cc1cc(Nc2nc(NC3C[C@H]4CC[C@@H](C3)N4CCC#N)nc3cc(N4CCOCC4)ccc23)n[nH]1. The summed E-state index contributed by atoms with van der Waals surface area (Å²) in [6.07, 6.45) is 5.13. The number of fused-ring (bicyclic) bond motifs is 3. The van der Waals surface area contributed by atoms with E-state index in [0.29, 0.717) is 30.5 Å². The van der Waals surface area contributed by atoms with Crippen molar-refractivity contribution in [2.45, 2.75) is 57.2 Å². The summed E-state index contributed by atoms with van der Waals surface area (Å²) in [6.45, 7) is 6.12. The molecule has 3 N–H and O–H groups in total. The molecule has 36 heavy (non-hydrogen) atoms. The Morgan fingerprint density at radius 1 is 1.14 bits per heavy atom. The standard InChI is InChI=1S/C26H33N9O/c1-17-13-24(33-32-17)30-25-22-6-5-19(34-9-11-36-12-10-34)16-23(22)29-26(31-25)28-18-14-20-3-4-21(15-18)35(20)8-2-7-27/h5-6,13,16,18,20-21H,2-4,8-12,14-15H2,1H3,(H3,28,29,30,31,32,33)/t18?,20-,21+. The minimum Gasteiger partial charge on any atom is -0.378 e. The number of nitriles is 1. The molecule has 1 unspecified atom stereocenters. The fraction of sp³-hybridized carbons (Fsp3) is 0.538. The highest BCUT2D eigenvalue weighted by atomic mass is 16.5. The average molecular weight is 488 g/mol. The molecule has 0 aliphatic carbocycles. The number of rotatable bonds is 7. The summed E-state index contributed by atoms with van der Waals surface area (Å²) in [7, 11) is 0. The Labute approximate surface area is 211 Å². The van der Waals surface area contributed by atoms with Gasteiger partial charge >= 0.3 is 0 Å². The molecular weight excluding hydrogens is 454 g/mol. The number of ether oxygens (including phenoxy) is 1. The first kappa shape index (κ1) is 23.0. The Kier molecular flexibility index (Phi) is 6.34. The van der Waals surface area contributed by atoms with Gasteiger partial charge in [0.2, 0.25) is 5.95 Å². The molecule has 0 spiro atoms. The maximum absolute atomic E-state index is 9.03. The van der Waals surface area contributed by atoms with E-state index >= 15 is 0 Å². The molecule has 3 aliphatic heterocycles. The maximum Gasteiger partial charge on any atom is 0.225 e. The van der Waals surface area contributed by atoms with Crippen molar-refractivity contribution in [2.75, 3.05) is 48.4 Å². The Balaban J connectivity index is 1.28. The molecule has 10 nitrogen and oxygen atoms in total. The fourth-order valence-electron chi connectivity index (χ4n) is 6.02. The van der Waals surface area contributed by atoms with E-state index in [0.717, 1.165) is 79.6 Å². The van der Waals surface area contributed by atoms with Gasteiger partial charge in [-0.15, -0.1) is 0 Å². The molecular formula is C26H33N9O. The second kappa shape index (κ2) is 9.91. The Bertz CT molecular complexity index is 1250. The highest BCUT2D eigenvalue weighted by Crippen LogP contribution is 2.37. The molecule has 3 fully saturated rings. The molecule has 3 aliphatic rings. The van der Waals surface area contributed by atoms with Gasteiger partial charge < -0.3 is 20.3 Å². The van der Waals surface area contributed by atoms with Crippen LogP contribution in [0.4, 0.5) is 23.3 Å². The van der Waals surface area contributed by atoms with Crippen LogP contribution in [0.25, 0.3) is 10.9 Å². The van der Waals surface area contributed by atoms with Gasteiger partial charge in [0.15, 0.2) is 5.82 Å². The van der Waals surface area contributed by atoms with E-state index in [2.05, 4.69) is 54.9 Å². The number of aromatic nitrogens is 4. The number of nitrogens with zero attached hydrogens (tertiary/aromatic N) is 6. The van der Waals surface area contributed by atoms with Crippen molar-refractivity contribution in [1.29, 1.82) is 5.26 Å². The quantitative estimate of drug-likeness (QED) is 0.460. The van der Waals surface area contributed by atoms with Crippen LogP contribution in [0.3, 0.4) is 0 Å². The number of hydrogen-bond donors (Lipinski definition) is 3. The van der Waals surface area contributed by atoms with Gasteiger partial charge in [-0.25, -0.2) is 4.98 Å². The molecule has 3 atom stereocenters. The third-order valence-corrected chi connectivity index (χ3v) is 7.71. The number of aromatic amines is 1. The minimum atomic E-state index is 0.321. The molecule has 2 aromatic heterocycles. The molecule has 188 valence electrons. The average Bonchev–Trinajstić information content (AvgIpc) is 3.41. The lowest BCUT2D eigenvalue weighted by atomic mass is 9.97. The molecule has 10 heteroatoms. The van der Waals surface area contributed by atoms with Gasteiger partial charge in [-0.05, 0) is 50.8 Å². The largest absolute Gasteiger partial charge is 0.378 e. The topological polar surface area (TPSA) is 118 Å². The number of anilines is 4. The van der Waals surface area contributed by atoms with E-state index in [-0.39, 0.29) is 0 Å². The molecule has 0 amide bonds. The molecule has 6 rings (SSSR count). The summed E-state index contributed by atoms with van der Waals surface area (Å²) in [5, 5.41) is 24.4. The van der Waals surface area contributed by atoms with E-state index in [1.165, 1.54) is 12.8 Å². The number of aryl methyl sites for hydroxylation is 1. The van der Waals surface area contributed by atoms with Gasteiger partial charge in [0.05, 0.1) is 24.8 Å². The van der Waals surface area contributed by atoms with Crippen molar-refractivity contribution in [3.05, 3.63) is 30.0 Å². The zero-order chi connectivity index (χ0) is 24.5. The van der Waals surface area contributed by atoms with Crippen LogP contribution in [-0.4, -0.2) is 76.0 Å². The molecule has 0 radical (unpaired) electrons. The first-order valence-corrected chi connectivity index (χ1v) is 13.0. The second-order valence-electron chi connectivity index (χ2n) is 10.1. The van der Waals surface area contributed by atoms with E-state index < -0.39 is 0 Å².